The van der Waals surface area contributed by atoms with Crippen LogP contribution in [0.4, 0.5) is 11.4 Å². The molecule has 1 aromatic rings. The molecule has 0 aliphatic rings. The summed E-state index contributed by atoms with van der Waals surface area (Å²) in [5.41, 5.74) is 4.94. The first kappa shape index (κ1) is 17.7. The van der Waals surface area contributed by atoms with Crippen molar-refractivity contribution in [3.8, 4) is 0 Å². The third-order valence-corrected chi connectivity index (χ3v) is 4.29. The van der Waals surface area contributed by atoms with Gasteiger partial charge in [-0.05, 0) is 19.8 Å². The minimum Gasteiger partial charge on any atom is -0.394 e. The summed E-state index contributed by atoms with van der Waals surface area (Å²) in [6.45, 7) is 6.51. The van der Waals surface area contributed by atoms with Crippen molar-refractivity contribution >= 4 is 11.4 Å². The lowest BCUT2D eigenvalue weighted by Crippen LogP contribution is -2.44. The molecule has 1 unspecified atom stereocenters. The molecule has 0 aromatic heterocycles. The van der Waals surface area contributed by atoms with Crippen LogP contribution >= 0.6 is 0 Å². The summed E-state index contributed by atoms with van der Waals surface area (Å²) < 4.78 is 0. The zero-order valence-electron chi connectivity index (χ0n) is 13.8. The molecule has 4 heteroatoms. The molecule has 0 fully saturated rings. The van der Waals surface area contributed by atoms with Crippen LogP contribution in [0, 0.1) is 0 Å². The van der Waals surface area contributed by atoms with Crippen LogP contribution in [0.2, 0.25) is 0 Å². The van der Waals surface area contributed by atoms with Crippen LogP contribution in [0.3, 0.4) is 0 Å². The summed E-state index contributed by atoms with van der Waals surface area (Å²) in [5.74, 6) is 0. The van der Waals surface area contributed by atoms with Gasteiger partial charge >= 0.3 is 0 Å². The van der Waals surface area contributed by atoms with Crippen molar-refractivity contribution in [3.63, 3.8) is 0 Å². The maximum absolute atomic E-state index is 11.6. The van der Waals surface area contributed by atoms with E-state index in [0.717, 1.165) is 32.1 Å². The Labute approximate surface area is 127 Å². The zero-order valence-corrected chi connectivity index (χ0v) is 13.8. The molecule has 0 saturated carbocycles. The molecule has 0 heterocycles. The second kappa shape index (κ2) is 8.20. The van der Waals surface area contributed by atoms with Crippen molar-refractivity contribution in [2.45, 2.75) is 84.1 Å². The van der Waals surface area contributed by atoms with Crippen LogP contribution in [0.15, 0.2) is 9.59 Å². The van der Waals surface area contributed by atoms with Crippen molar-refractivity contribution in [1.29, 1.82) is 0 Å². The molecule has 1 aromatic carbocycles. The van der Waals surface area contributed by atoms with Gasteiger partial charge in [0, 0.05) is 5.54 Å². The summed E-state index contributed by atoms with van der Waals surface area (Å²) in [7, 11) is 0. The van der Waals surface area contributed by atoms with Gasteiger partial charge in [0.1, 0.15) is 11.4 Å². The highest BCUT2D eigenvalue weighted by molar-refractivity contribution is 5.72. The number of nitrogens with two attached hydrogens (primary N) is 1. The van der Waals surface area contributed by atoms with E-state index in [-0.39, 0.29) is 11.2 Å². The van der Waals surface area contributed by atoms with E-state index in [2.05, 4.69) is 26.1 Å². The molecule has 21 heavy (non-hydrogen) atoms. The van der Waals surface area contributed by atoms with Gasteiger partial charge in [-0.2, -0.15) is 0 Å². The second-order valence-electron chi connectivity index (χ2n) is 6.40. The molecule has 4 nitrogen and oxygen atoms in total. The Morgan fingerprint density at radius 1 is 0.905 bits per heavy atom. The topological polar surface area (TPSA) is 72.2 Å². The van der Waals surface area contributed by atoms with E-state index < -0.39 is 10.9 Å². The Morgan fingerprint density at radius 2 is 1.48 bits per heavy atom. The van der Waals surface area contributed by atoms with Crippen LogP contribution in [0.25, 0.3) is 0 Å². The monoisotopic (exact) mass is 294 g/mol. The Kier molecular flexibility index (Phi) is 6.93. The highest BCUT2D eigenvalue weighted by atomic mass is 16.2. The zero-order chi connectivity index (χ0) is 15.9. The van der Waals surface area contributed by atoms with Gasteiger partial charge in [-0.1, -0.05) is 58.8 Å². The number of hydrogen-bond acceptors (Lipinski definition) is 4. The van der Waals surface area contributed by atoms with Gasteiger partial charge in [-0.15, -0.1) is 0 Å². The molecule has 0 radical (unpaired) electrons. The van der Waals surface area contributed by atoms with Gasteiger partial charge in [0.25, 0.3) is 10.9 Å². The number of unbranched alkanes of at least 4 members (excludes halogenated alkanes) is 5. The van der Waals surface area contributed by atoms with Crippen LogP contribution in [0.1, 0.15) is 78.6 Å². The normalized spacial score (nSPS) is 14.2. The Hall–Kier alpha value is -1.32. The van der Waals surface area contributed by atoms with Crippen molar-refractivity contribution < 1.29 is 0 Å². The minimum absolute atomic E-state index is 0.105. The van der Waals surface area contributed by atoms with Gasteiger partial charge < -0.3 is 11.1 Å². The molecular weight excluding hydrogens is 264 g/mol. The molecule has 3 N–H and O–H groups in total. The quantitative estimate of drug-likeness (QED) is 0.483. The van der Waals surface area contributed by atoms with E-state index in [1.807, 2.05) is 0 Å². The standard InChI is InChI=1S/C17H30N2O2/c1-4-6-8-9-10-12-17(3,11-7-5-2)19-14-13(18)15(20)16(14)21/h19H,4-12,18H2,1-3H3. The molecule has 1 atom stereocenters. The number of anilines is 2. The van der Waals surface area contributed by atoms with E-state index in [4.69, 9.17) is 5.73 Å². The fourth-order valence-electron chi connectivity index (χ4n) is 2.77. The lowest BCUT2D eigenvalue weighted by Gasteiger charge is -2.33. The van der Waals surface area contributed by atoms with Gasteiger partial charge in [0.15, 0.2) is 0 Å². The Bertz CT molecular complexity index is 503. The largest absolute Gasteiger partial charge is 0.394 e. The highest BCUT2D eigenvalue weighted by Gasteiger charge is 2.28. The number of rotatable bonds is 11. The molecule has 0 spiro atoms. The van der Waals surface area contributed by atoms with Crippen LogP contribution in [-0.4, -0.2) is 5.54 Å². The second-order valence-corrected chi connectivity index (χ2v) is 6.40. The summed E-state index contributed by atoms with van der Waals surface area (Å²) in [4.78, 5) is 22.8. The summed E-state index contributed by atoms with van der Waals surface area (Å²) in [6, 6.07) is 0. The van der Waals surface area contributed by atoms with Crippen LogP contribution in [-0.2, 0) is 0 Å². The molecule has 0 saturated heterocycles. The molecule has 0 aliphatic heterocycles. The fraction of sp³-hybridized carbons (Fsp3) is 0.765. The van der Waals surface area contributed by atoms with Gasteiger partial charge in [-0.25, -0.2) is 0 Å². The van der Waals surface area contributed by atoms with Crippen molar-refractivity contribution in [1.82, 2.24) is 0 Å². The number of nitrogens with one attached hydrogen (secondary N) is 1. The third kappa shape index (κ3) is 4.87. The minimum atomic E-state index is -0.543. The summed E-state index contributed by atoms with van der Waals surface area (Å²) in [6.07, 6.45) is 10.4. The SMILES string of the molecule is CCCCCCCC(C)(CCCC)Nc1c(N)c(=O)c1=O. The van der Waals surface area contributed by atoms with Gasteiger partial charge in [0.2, 0.25) is 0 Å². The molecule has 1 rings (SSSR count). The smallest absolute Gasteiger partial charge is 0.253 e. The maximum Gasteiger partial charge on any atom is 0.253 e. The lowest BCUT2D eigenvalue weighted by molar-refractivity contribution is 0.400. The van der Waals surface area contributed by atoms with Crippen molar-refractivity contribution in [3.05, 3.63) is 20.4 Å². The van der Waals surface area contributed by atoms with E-state index >= 15 is 0 Å². The summed E-state index contributed by atoms with van der Waals surface area (Å²) >= 11 is 0. The first-order valence-corrected chi connectivity index (χ1v) is 8.32. The molecule has 0 amide bonds. The van der Waals surface area contributed by atoms with E-state index in [0.29, 0.717) is 5.69 Å². The predicted molar refractivity (Wildman–Crippen MR) is 90.7 cm³/mol. The highest BCUT2D eigenvalue weighted by Crippen LogP contribution is 2.27. The molecule has 0 bridgehead atoms. The lowest BCUT2D eigenvalue weighted by atomic mass is 9.87. The fourth-order valence-corrected chi connectivity index (χ4v) is 2.77. The molecule has 120 valence electrons. The predicted octanol–water partition coefficient (Wildman–Crippen LogP) is 3.59. The van der Waals surface area contributed by atoms with Crippen LogP contribution in [0.5, 0.6) is 0 Å². The first-order valence-electron chi connectivity index (χ1n) is 8.32. The summed E-state index contributed by atoms with van der Waals surface area (Å²) in [5, 5.41) is 3.27. The van der Waals surface area contributed by atoms with Gasteiger partial charge in [-0.3, -0.25) is 9.59 Å². The maximum atomic E-state index is 11.6. The van der Waals surface area contributed by atoms with E-state index in [1.165, 1.54) is 25.7 Å². The average Bonchev–Trinajstić information content (AvgIpc) is 2.49. The molecule has 0 aliphatic carbocycles. The third-order valence-electron chi connectivity index (χ3n) is 4.29. The van der Waals surface area contributed by atoms with Crippen molar-refractivity contribution in [2.75, 3.05) is 11.1 Å². The first-order chi connectivity index (χ1) is 9.95. The number of hydrogen-bond donors (Lipinski definition) is 2. The number of nitrogen functional groups attached to an aromatic ring is 1. The van der Waals surface area contributed by atoms with E-state index in [1.54, 1.807) is 0 Å². The van der Waals surface area contributed by atoms with Crippen LogP contribution < -0.4 is 21.9 Å². The average molecular weight is 294 g/mol. The Morgan fingerprint density at radius 3 is 2.05 bits per heavy atom. The van der Waals surface area contributed by atoms with E-state index in [9.17, 15) is 9.59 Å². The van der Waals surface area contributed by atoms with Crippen molar-refractivity contribution in [2.24, 2.45) is 0 Å². The Balaban J connectivity index is 2.61. The molecular formula is C17H30N2O2. The van der Waals surface area contributed by atoms with Gasteiger partial charge in [0.05, 0.1) is 0 Å².